The Balaban J connectivity index is 0.914. The Morgan fingerprint density at radius 2 is 1.16 bits per heavy atom. The number of carbonyl (C=O) groups is 4. The Bertz CT molecular complexity index is 2770. The molecule has 1 spiro atoms. The van der Waals surface area contributed by atoms with E-state index < -0.39 is 23.4 Å². The number of nitrogens with one attached hydrogen (secondary N) is 5. The Kier molecular flexibility index (Phi) is 10.7. The number of carbonyl (C=O) groups excluding carboxylic acids is 4. The largest absolute Gasteiger partial charge is 0.508 e. The summed E-state index contributed by atoms with van der Waals surface area (Å²) >= 11 is 5.62. The summed E-state index contributed by atoms with van der Waals surface area (Å²) in [5, 5.41) is 35.4. The van der Waals surface area contributed by atoms with Crippen LogP contribution in [0.15, 0.2) is 91.0 Å². The van der Waals surface area contributed by atoms with Crippen LogP contribution in [0.3, 0.4) is 0 Å². The number of thiocarbonyl (C=S) groups is 1. The van der Waals surface area contributed by atoms with E-state index in [2.05, 4.69) is 26.6 Å². The van der Waals surface area contributed by atoms with Gasteiger partial charge in [0.15, 0.2) is 10.7 Å². The summed E-state index contributed by atoms with van der Waals surface area (Å²) in [5.41, 5.74) is 1.88. The van der Waals surface area contributed by atoms with E-state index in [1.54, 1.807) is 102 Å². The number of hydrogen-bond acceptors (Lipinski definition) is 10. The summed E-state index contributed by atoms with van der Waals surface area (Å²) in [4.78, 5) is 55.1. The van der Waals surface area contributed by atoms with Crippen LogP contribution in [0.4, 0.5) is 23.1 Å². The molecule has 318 valence electrons. The van der Waals surface area contributed by atoms with Gasteiger partial charge >= 0.3 is 5.97 Å². The maximum atomic E-state index is 13.6. The molecule has 0 radical (unpaired) electrons. The van der Waals surface area contributed by atoms with Crippen molar-refractivity contribution in [3.05, 3.63) is 130 Å². The second-order valence-electron chi connectivity index (χ2n) is 15.2. The average molecular weight is 858 g/mol. The van der Waals surface area contributed by atoms with Crippen molar-refractivity contribution in [2.24, 2.45) is 21.1 Å². The van der Waals surface area contributed by atoms with Crippen molar-refractivity contribution >= 4 is 64.2 Å². The highest BCUT2D eigenvalue weighted by Crippen LogP contribution is 2.57. The Hall–Kier alpha value is -7.57. The number of rotatable bonds is 11. The molecule has 2 aliphatic rings. The van der Waals surface area contributed by atoms with E-state index in [0.29, 0.717) is 57.8 Å². The van der Waals surface area contributed by atoms with E-state index in [4.69, 9.17) is 21.7 Å². The average Bonchev–Trinajstić information content (AvgIpc) is 3.96. The molecule has 5 heterocycles. The fraction of sp³-hybridized carbons (Fsp3) is 0.205. The first-order valence-electron chi connectivity index (χ1n) is 19.5. The number of anilines is 4. The lowest BCUT2D eigenvalue weighted by molar-refractivity contribution is 0.0224. The molecule has 62 heavy (non-hydrogen) atoms. The standard InChI is InChI=1S/C44H43N9O8S/c1-50(2)20-6-19-45-39(56)31-13-16-36(51(31)3)47-40(57)32-14-17-37(52(32)4)48-41(58)33-15-18-38(53(33)5)49-43(62)46-24-7-10-28-27(21-24)42(59)61-44(28)29-11-8-25(54)22-34(29)60-35-23-26(55)9-12-30(35)44/h7-18,21-23,54-55H,6,19-20H2,1-5H3,(H,45,56)(H,47,57)(H,48,58)(H2,46,49,62). The number of ether oxygens (including phenoxy) is 2. The predicted octanol–water partition coefficient (Wildman–Crippen LogP) is 5.68. The number of phenols is 2. The zero-order valence-corrected chi connectivity index (χ0v) is 35.1. The number of aromatic hydroxyl groups is 2. The summed E-state index contributed by atoms with van der Waals surface area (Å²) in [6.07, 6.45) is 0.806. The lowest BCUT2D eigenvalue weighted by atomic mass is 9.77. The third kappa shape index (κ3) is 7.45. The Morgan fingerprint density at radius 1 is 0.661 bits per heavy atom. The summed E-state index contributed by atoms with van der Waals surface area (Å²) in [7, 11) is 8.98. The second-order valence-corrected chi connectivity index (χ2v) is 15.6. The molecule has 18 heteroatoms. The van der Waals surface area contributed by atoms with Crippen LogP contribution in [0.5, 0.6) is 23.0 Å². The van der Waals surface area contributed by atoms with Gasteiger partial charge in [0.25, 0.3) is 17.7 Å². The van der Waals surface area contributed by atoms with Gasteiger partial charge in [0.2, 0.25) is 0 Å². The topological polar surface area (TPSA) is 205 Å². The van der Waals surface area contributed by atoms with E-state index in [1.807, 2.05) is 19.0 Å². The third-order valence-corrected chi connectivity index (χ3v) is 11.1. The highest BCUT2D eigenvalue weighted by molar-refractivity contribution is 7.80. The zero-order chi connectivity index (χ0) is 44.0. The van der Waals surface area contributed by atoms with Crippen LogP contribution in [0.2, 0.25) is 0 Å². The van der Waals surface area contributed by atoms with Gasteiger partial charge in [0.05, 0.1) is 5.56 Å². The highest BCUT2D eigenvalue weighted by atomic mass is 32.1. The molecule has 7 N–H and O–H groups in total. The summed E-state index contributed by atoms with van der Waals surface area (Å²) < 4.78 is 17.0. The van der Waals surface area contributed by atoms with E-state index in [-0.39, 0.29) is 45.3 Å². The molecule has 0 bridgehead atoms. The molecule has 3 aromatic heterocycles. The molecule has 0 fully saturated rings. The van der Waals surface area contributed by atoms with Gasteiger partial charge in [0.1, 0.15) is 57.5 Å². The van der Waals surface area contributed by atoms with Crippen molar-refractivity contribution in [1.82, 2.24) is 23.9 Å². The second kappa shape index (κ2) is 16.1. The fourth-order valence-corrected chi connectivity index (χ4v) is 7.93. The minimum absolute atomic E-state index is 0.0418. The van der Waals surface area contributed by atoms with Crippen molar-refractivity contribution in [3.8, 4) is 23.0 Å². The molecule has 3 aromatic carbocycles. The zero-order valence-electron chi connectivity index (χ0n) is 34.3. The van der Waals surface area contributed by atoms with Gasteiger partial charge in [-0.25, -0.2) is 4.79 Å². The van der Waals surface area contributed by atoms with Crippen molar-refractivity contribution in [2.45, 2.75) is 12.0 Å². The minimum atomic E-state index is -1.40. The van der Waals surface area contributed by atoms with Crippen LogP contribution in [0.25, 0.3) is 0 Å². The number of esters is 1. The monoisotopic (exact) mass is 857 g/mol. The van der Waals surface area contributed by atoms with Crippen molar-refractivity contribution in [1.29, 1.82) is 0 Å². The number of hydrogen-bond donors (Lipinski definition) is 7. The first-order chi connectivity index (χ1) is 29.6. The van der Waals surface area contributed by atoms with Crippen LogP contribution >= 0.6 is 12.2 Å². The molecule has 8 rings (SSSR count). The molecule has 6 aromatic rings. The van der Waals surface area contributed by atoms with Crippen LogP contribution in [0, 0.1) is 0 Å². The van der Waals surface area contributed by atoms with Crippen molar-refractivity contribution in [2.75, 3.05) is 48.5 Å². The first-order valence-corrected chi connectivity index (χ1v) is 19.9. The molecule has 0 saturated carbocycles. The van der Waals surface area contributed by atoms with Gasteiger partial charge in [-0.15, -0.1) is 0 Å². The fourth-order valence-electron chi connectivity index (χ4n) is 7.70. The van der Waals surface area contributed by atoms with Gasteiger partial charge in [-0.1, -0.05) is 6.07 Å². The van der Waals surface area contributed by atoms with Gasteiger partial charge in [0, 0.05) is 62.2 Å². The number of benzene rings is 3. The maximum Gasteiger partial charge on any atom is 0.340 e. The quantitative estimate of drug-likeness (QED) is 0.0478. The molecule has 2 aliphatic heterocycles. The maximum absolute atomic E-state index is 13.6. The molecule has 3 amide bonds. The number of phenolic OH excluding ortho intramolecular Hbond substituents is 2. The van der Waals surface area contributed by atoms with Crippen molar-refractivity contribution < 1.29 is 38.9 Å². The third-order valence-electron chi connectivity index (χ3n) is 10.9. The molecular formula is C44H43N9O8S. The summed E-state index contributed by atoms with van der Waals surface area (Å²) in [5.74, 6) is 0.0563. The number of aromatic nitrogens is 3. The Morgan fingerprint density at radius 3 is 1.69 bits per heavy atom. The van der Waals surface area contributed by atoms with Crippen LogP contribution < -0.4 is 31.3 Å². The predicted molar refractivity (Wildman–Crippen MR) is 236 cm³/mol. The van der Waals surface area contributed by atoms with Crippen LogP contribution in [0.1, 0.15) is 64.9 Å². The molecule has 0 saturated heterocycles. The lowest BCUT2D eigenvalue weighted by Gasteiger charge is -2.36. The number of nitrogens with zero attached hydrogens (tertiary/aromatic N) is 4. The van der Waals surface area contributed by atoms with Gasteiger partial charge in [-0.05, 0) is 112 Å². The van der Waals surface area contributed by atoms with Gasteiger partial charge < -0.3 is 64.9 Å². The lowest BCUT2D eigenvalue weighted by Crippen LogP contribution is -2.32. The normalized spacial score (nSPS) is 13.1. The van der Waals surface area contributed by atoms with E-state index >= 15 is 0 Å². The minimum Gasteiger partial charge on any atom is -0.508 e. The molecule has 0 aliphatic carbocycles. The molecular weight excluding hydrogens is 815 g/mol. The first kappa shape index (κ1) is 41.2. The summed E-state index contributed by atoms with van der Waals surface area (Å²) in [6, 6.07) is 24.0. The van der Waals surface area contributed by atoms with Crippen LogP contribution in [-0.2, 0) is 31.5 Å². The van der Waals surface area contributed by atoms with Gasteiger partial charge in [-0.2, -0.15) is 0 Å². The molecule has 0 atom stereocenters. The van der Waals surface area contributed by atoms with E-state index in [1.165, 1.54) is 24.3 Å². The molecule has 17 nitrogen and oxygen atoms in total. The van der Waals surface area contributed by atoms with E-state index in [9.17, 15) is 29.4 Å². The molecule has 0 unspecified atom stereocenters. The highest BCUT2D eigenvalue weighted by Gasteiger charge is 2.53. The smallest absolute Gasteiger partial charge is 0.340 e. The number of fused-ring (bicyclic) bond motifs is 6. The number of amides is 3. The van der Waals surface area contributed by atoms with Crippen LogP contribution in [-0.4, -0.2) is 84.8 Å². The summed E-state index contributed by atoms with van der Waals surface area (Å²) in [6.45, 7) is 1.37. The van der Waals surface area contributed by atoms with Crippen molar-refractivity contribution in [3.63, 3.8) is 0 Å². The van der Waals surface area contributed by atoms with Gasteiger partial charge in [-0.3, -0.25) is 14.4 Å². The Labute approximate surface area is 360 Å². The SMILES string of the molecule is CN(C)CCCNC(=O)c1ccc(NC(=O)c2ccc(NC(=O)c3ccc(NC(=S)Nc4ccc5c(c4)C(=O)OC54c5ccc(O)cc5Oc5cc(O)ccc54)n3C)n2C)n1C. The van der Waals surface area contributed by atoms with E-state index in [0.717, 1.165) is 13.0 Å².